The van der Waals surface area contributed by atoms with E-state index in [1.54, 1.807) is 0 Å². The summed E-state index contributed by atoms with van der Waals surface area (Å²) < 4.78 is 5.23. The van der Waals surface area contributed by atoms with Crippen LogP contribution in [0.4, 0.5) is 0 Å². The van der Waals surface area contributed by atoms with Crippen molar-refractivity contribution in [2.24, 2.45) is 5.73 Å². The highest BCUT2D eigenvalue weighted by Crippen LogP contribution is 2.09. The van der Waals surface area contributed by atoms with Gasteiger partial charge in [-0.25, -0.2) is 0 Å². The number of carbonyl (C=O) groups is 1. The molecule has 0 saturated carbocycles. The van der Waals surface area contributed by atoms with Crippen LogP contribution in [0.2, 0.25) is 0 Å². The molecule has 1 unspecified atom stereocenters. The van der Waals surface area contributed by atoms with E-state index in [1.807, 2.05) is 30.3 Å². The molecule has 1 rings (SSSR count). The molecule has 1 aromatic rings. The first-order valence-electron chi connectivity index (χ1n) is 7.67. The predicted molar refractivity (Wildman–Crippen MR) is 82.2 cm³/mol. The minimum atomic E-state index is -0.155. The number of unbranched alkanes of at least 4 members (excludes halogenated alkanes) is 3. The minimum Gasteiger partial charge on any atom is -0.461 e. The Labute approximate surface area is 122 Å². The van der Waals surface area contributed by atoms with Crippen LogP contribution in [-0.4, -0.2) is 12.0 Å². The molecule has 2 N–H and O–H groups in total. The largest absolute Gasteiger partial charge is 0.461 e. The van der Waals surface area contributed by atoms with Gasteiger partial charge in [0.2, 0.25) is 0 Å². The molecule has 112 valence electrons. The third kappa shape index (κ3) is 7.95. The minimum absolute atomic E-state index is 0.121. The van der Waals surface area contributed by atoms with Crippen LogP contribution in [0.5, 0.6) is 0 Å². The smallest absolute Gasteiger partial charge is 0.306 e. The Kier molecular flexibility index (Phi) is 8.72. The monoisotopic (exact) mass is 277 g/mol. The summed E-state index contributed by atoms with van der Waals surface area (Å²) in [6.07, 6.45) is 7.05. The maximum Gasteiger partial charge on any atom is 0.306 e. The Hall–Kier alpha value is -1.35. The third-order valence-electron chi connectivity index (χ3n) is 3.39. The van der Waals surface area contributed by atoms with E-state index < -0.39 is 0 Å². The van der Waals surface area contributed by atoms with Gasteiger partial charge in [0, 0.05) is 12.5 Å². The van der Waals surface area contributed by atoms with Gasteiger partial charge in [0.05, 0.1) is 0 Å². The summed E-state index contributed by atoms with van der Waals surface area (Å²) in [5.74, 6) is -0.155. The zero-order chi connectivity index (χ0) is 14.6. The van der Waals surface area contributed by atoms with Gasteiger partial charge < -0.3 is 10.5 Å². The highest BCUT2D eigenvalue weighted by atomic mass is 16.5. The standard InChI is InChI=1S/C17H27NO2/c1-2-3-4-8-11-16(18)12-13-17(19)20-14-15-9-6-5-7-10-15/h5-7,9-10,16H,2-4,8,11-14,18H2,1H3. The van der Waals surface area contributed by atoms with Crippen LogP contribution in [0.3, 0.4) is 0 Å². The van der Waals surface area contributed by atoms with Gasteiger partial charge in [-0.3, -0.25) is 4.79 Å². The molecule has 0 heterocycles. The van der Waals surface area contributed by atoms with Crippen LogP contribution in [0.15, 0.2) is 30.3 Å². The average molecular weight is 277 g/mol. The molecule has 0 fully saturated rings. The number of hydrogen-bond acceptors (Lipinski definition) is 3. The van der Waals surface area contributed by atoms with Crippen LogP contribution in [-0.2, 0) is 16.1 Å². The lowest BCUT2D eigenvalue weighted by Gasteiger charge is -2.11. The Balaban J connectivity index is 2.07. The summed E-state index contributed by atoms with van der Waals surface area (Å²) in [7, 11) is 0. The number of nitrogens with two attached hydrogens (primary N) is 1. The molecule has 1 atom stereocenters. The van der Waals surface area contributed by atoms with Gasteiger partial charge in [-0.2, -0.15) is 0 Å². The van der Waals surface area contributed by atoms with Crippen molar-refractivity contribution in [2.45, 2.75) is 64.5 Å². The lowest BCUT2D eigenvalue weighted by molar-refractivity contribution is -0.145. The fraction of sp³-hybridized carbons (Fsp3) is 0.588. The van der Waals surface area contributed by atoms with Gasteiger partial charge in [-0.15, -0.1) is 0 Å². The first kappa shape index (κ1) is 16.7. The lowest BCUT2D eigenvalue weighted by Crippen LogP contribution is -2.21. The van der Waals surface area contributed by atoms with Crippen molar-refractivity contribution >= 4 is 5.97 Å². The van der Waals surface area contributed by atoms with E-state index in [0.29, 0.717) is 13.0 Å². The van der Waals surface area contributed by atoms with E-state index in [1.165, 1.54) is 19.3 Å². The lowest BCUT2D eigenvalue weighted by atomic mass is 10.0. The highest BCUT2D eigenvalue weighted by Gasteiger charge is 2.08. The molecule has 3 heteroatoms. The van der Waals surface area contributed by atoms with Crippen LogP contribution < -0.4 is 5.73 Å². The summed E-state index contributed by atoms with van der Waals surface area (Å²) in [4.78, 5) is 11.6. The molecular formula is C17H27NO2. The van der Waals surface area contributed by atoms with Gasteiger partial charge in [-0.05, 0) is 18.4 Å². The Morgan fingerprint density at radius 1 is 1.15 bits per heavy atom. The number of carbonyl (C=O) groups excluding carboxylic acids is 1. The van der Waals surface area contributed by atoms with E-state index in [9.17, 15) is 4.79 Å². The van der Waals surface area contributed by atoms with Gasteiger partial charge in [0.1, 0.15) is 6.61 Å². The van der Waals surface area contributed by atoms with Crippen molar-refractivity contribution in [1.29, 1.82) is 0 Å². The molecule has 0 bridgehead atoms. The van der Waals surface area contributed by atoms with Crippen molar-refractivity contribution < 1.29 is 9.53 Å². The fourth-order valence-corrected chi connectivity index (χ4v) is 2.09. The maximum absolute atomic E-state index is 11.6. The Morgan fingerprint density at radius 3 is 2.60 bits per heavy atom. The molecule has 0 spiro atoms. The summed E-state index contributed by atoms with van der Waals surface area (Å²) in [6.45, 7) is 2.55. The molecule has 0 saturated heterocycles. The third-order valence-corrected chi connectivity index (χ3v) is 3.39. The number of ether oxygens (including phenoxy) is 1. The first-order valence-corrected chi connectivity index (χ1v) is 7.67. The SMILES string of the molecule is CCCCCCC(N)CCC(=O)OCc1ccccc1. The van der Waals surface area contributed by atoms with E-state index in [4.69, 9.17) is 10.5 Å². The summed E-state index contributed by atoms with van der Waals surface area (Å²) >= 11 is 0. The summed E-state index contributed by atoms with van der Waals surface area (Å²) in [5, 5.41) is 0. The molecule has 1 aromatic carbocycles. The van der Waals surface area contributed by atoms with E-state index in [-0.39, 0.29) is 12.0 Å². The van der Waals surface area contributed by atoms with E-state index in [2.05, 4.69) is 6.92 Å². The second-order valence-electron chi connectivity index (χ2n) is 5.29. The zero-order valence-corrected chi connectivity index (χ0v) is 12.5. The molecule has 0 aliphatic heterocycles. The van der Waals surface area contributed by atoms with Crippen molar-refractivity contribution in [3.63, 3.8) is 0 Å². The number of esters is 1. The average Bonchev–Trinajstić information content (AvgIpc) is 2.48. The van der Waals surface area contributed by atoms with Crippen LogP contribution in [0.25, 0.3) is 0 Å². The van der Waals surface area contributed by atoms with Crippen molar-refractivity contribution in [3.8, 4) is 0 Å². The molecule has 0 aliphatic carbocycles. The molecule has 0 aliphatic rings. The van der Waals surface area contributed by atoms with Crippen molar-refractivity contribution in [3.05, 3.63) is 35.9 Å². The van der Waals surface area contributed by atoms with E-state index >= 15 is 0 Å². The molecule has 3 nitrogen and oxygen atoms in total. The molecule has 0 aromatic heterocycles. The predicted octanol–water partition coefficient (Wildman–Crippen LogP) is 3.81. The van der Waals surface area contributed by atoms with Crippen LogP contribution in [0.1, 0.15) is 57.4 Å². The van der Waals surface area contributed by atoms with Gasteiger partial charge >= 0.3 is 5.97 Å². The Bertz CT molecular complexity index is 365. The maximum atomic E-state index is 11.6. The van der Waals surface area contributed by atoms with Crippen LogP contribution >= 0.6 is 0 Å². The van der Waals surface area contributed by atoms with Crippen LogP contribution in [0, 0.1) is 0 Å². The van der Waals surface area contributed by atoms with Gasteiger partial charge in [0.15, 0.2) is 0 Å². The van der Waals surface area contributed by atoms with E-state index in [0.717, 1.165) is 24.8 Å². The van der Waals surface area contributed by atoms with Gasteiger partial charge in [0.25, 0.3) is 0 Å². The summed E-state index contributed by atoms with van der Waals surface area (Å²) in [6, 6.07) is 9.85. The van der Waals surface area contributed by atoms with Crippen molar-refractivity contribution in [1.82, 2.24) is 0 Å². The van der Waals surface area contributed by atoms with Gasteiger partial charge in [-0.1, -0.05) is 62.9 Å². The number of rotatable bonds is 10. The zero-order valence-electron chi connectivity index (χ0n) is 12.5. The highest BCUT2D eigenvalue weighted by molar-refractivity contribution is 5.69. The second kappa shape index (κ2) is 10.4. The first-order chi connectivity index (χ1) is 9.72. The second-order valence-corrected chi connectivity index (χ2v) is 5.29. The molecule has 0 radical (unpaired) electrons. The Morgan fingerprint density at radius 2 is 1.90 bits per heavy atom. The topological polar surface area (TPSA) is 52.3 Å². The van der Waals surface area contributed by atoms with Crippen molar-refractivity contribution in [2.75, 3.05) is 0 Å². The number of hydrogen-bond donors (Lipinski definition) is 1. The molecular weight excluding hydrogens is 250 g/mol. The number of benzene rings is 1. The molecule has 0 amide bonds. The molecule has 20 heavy (non-hydrogen) atoms. The normalized spacial score (nSPS) is 12.1. The summed E-state index contributed by atoms with van der Waals surface area (Å²) in [5.41, 5.74) is 7.02. The fourth-order valence-electron chi connectivity index (χ4n) is 2.09. The quantitative estimate of drug-likeness (QED) is 0.522.